The van der Waals surface area contributed by atoms with Crippen LogP contribution in [0, 0.1) is 6.92 Å². The fourth-order valence-corrected chi connectivity index (χ4v) is 3.36. The van der Waals surface area contributed by atoms with E-state index in [1.807, 2.05) is 12.1 Å². The Hall–Kier alpha value is -4.92. The number of anilines is 4. The first-order chi connectivity index (χ1) is 16.9. The standard InChI is InChI=1S/C26H23N5O4/c1-16-22(27)26(35-31-16)30-23(32)18-14-12-17(13-15-18)21(24(33)28-19-8-4-2-5-9-19)25(34)29-20-10-6-3-7-11-20/h2-15,21H,27H2,1H3,(H,28,33)(H,29,34)(H,30,32). The smallest absolute Gasteiger partial charge is 0.258 e. The average Bonchev–Trinajstić information content (AvgIpc) is 3.18. The van der Waals surface area contributed by atoms with Crippen LogP contribution in [0.4, 0.5) is 22.9 Å². The van der Waals surface area contributed by atoms with Crippen molar-refractivity contribution in [3.05, 3.63) is 102 Å². The molecule has 3 amide bonds. The Morgan fingerprint density at radius 1 is 0.771 bits per heavy atom. The zero-order valence-corrected chi connectivity index (χ0v) is 18.8. The van der Waals surface area contributed by atoms with Gasteiger partial charge in [0.15, 0.2) is 0 Å². The molecule has 0 aliphatic rings. The highest BCUT2D eigenvalue weighted by atomic mass is 16.5. The van der Waals surface area contributed by atoms with Crippen molar-refractivity contribution in [2.45, 2.75) is 12.8 Å². The molecule has 9 nitrogen and oxygen atoms in total. The van der Waals surface area contributed by atoms with E-state index in [1.165, 1.54) is 12.1 Å². The number of para-hydroxylation sites is 2. The SMILES string of the molecule is Cc1noc(NC(=O)c2ccc(C(C(=O)Nc3ccccc3)C(=O)Nc3ccccc3)cc2)c1N. The molecule has 9 heteroatoms. The lowest BCUT2D eigenvalue weighted by Crippen LogP contribution is -2.32. The molecule has 0 radical (unpaired) electrons. The van der Waals surface area contributed by atoms with Gasteiger partial charge in [0.2, 0.25) is 11.8 Å². The van der Waals surface area contributed by atoms with E-state index >= 15 is 0 Å². The van der Waals surface area contributed by atoms with E-state index in [0.717, 1.165) is 0 Å². The lowest BCUT2D eigenvalue weighted by Gasteiger charge is -2.18. The van der Waals surface area contributed by atoms with E-state index in [0.29, 0.717) is 22.6 Å². The molecular formula is C26H23N5O4. The number of aryl methyl sites for hydroxylation is 1. The van der Waals surface area contributed by atoms with Crippen LogP contribution in [-0.4, -0.2) is 22.9 Å². The number of nitrogens with two attached hydrogens (primary N) is 1. The minimum absolute atomic E-state index is 0.0546. The quantitative estimate of drug-likeness (QED) is 0.300. The number of nitrogens with zero attached hydrogens (tertiary/aromatic N) is 1. The maximum absolute atomic E-state index is 13.2. The second kappa shape index (κ2) is 10.3. The van der Waals surface area contributed by atoms with Crippen molar-refractivity contribution in [2.24, 2.45) is 0 Å². The van der Waals surface area contributed by atoms with Crippen molar-refractivity contribution in [1.29, 1.82) is 0 Å². The monoisotopic (exact) mass is 469 g/mol. The maximum atomic E-state index is 13.2. The molecule has 0 aliphatic carbocycles. The Balaban J connectivity index is 1.57. The first-order valence-corrected chi connectivity index (χ1v) is 10.8. The first kappa shape index (κ1) is 23.2. The zero-order chi connectivity index (χ0) is 24.8. The molecule has 1 heterocycles. The molecule has 0 fully saturated rings. The molecule has 0 saturated heterocycles. The highest BCUT2D eigenvalue weighted by Gasteiger charge is 2.29. The predicted molar refractivity (Wildman–Crippen MR) is 133 cm³/mol. The number of benzene rings is 3. The normalized spacial score (nSPS) is 10.6. The number of rotatable bonds is 7. The van der Waals surface area contributed by atoms with E-state index in [9.17, 15) is 14.4 Å². The molecule has 0 bridgehead atoms. The molecule has 176 valence electrons. The van der Waals surface area contributed by atoms with Crippen molar-refractivity contribution in [2.75, 3.05) is 21.7 Å². The topological polar surface area (TPSA) is 139 Å². The van der Waals surface area contributed by atoms with Crippen LogP contribution in [0.2, 0.25) is 0 Å². The fraction of sp³-hybridized carbons (Fsp3) is 0.0769. The molecule has 1 aromatic heterocycles. The summed E-state index contributed by atoms with van der Waals surface area (Å²) in [6, 6.07) is 23.9. The van der Waals surface area contributed by atoms with Crippen molar-refractivity contribution >= 4 is 40.7 Å². The van der Waals surface area contributed by atoms with Gasteiger partial charge in [0.1, 0.15) is 17.3 Å². The van der Waals surface area contributed by atoms with Crippen molar-refractivity contribution in [3.8, 4) is 0 Å². The van der Waals surface area contributed by atoms with E-state index in [2.05, 4.69) is 21.1 Å². The Morgan fingerprint density at radius 2 is 1.29 bits per heavy atom. The van der Waals surface area contributed by atoms with Crippen LogP contribution in [0.25, 0.3) is 0 Å². The number of carbonyl (C=O) groups excluding carboxylic acids is 3. The fourth-order valence-electron chi connectivity index (χ4n) is 3.36. The second-order valence-electron chi connectivity index (χ2n) is 7.73. The van der Waals surface area contributed by atoms with Gasteiger partial charge in [0, 0.05) is 16.9 Å². The number of nitrogens with one attached hydrogen (secondary N) is 3. The van der Waals surface area contributed by atoms with Crippen molar-refractivity contribution < 1.29 is 18.9 Å². The molecule has 4 rings (SSSR count). The summed E-state index contributed by atoms with van der Waals surface area (Å²) >= 11 is 0. The summed E-state index contributed by atoms with van der Waals surface area (Å²) in [5, 5.41) is 11.8. The van der Waals surface area contributed by atoms with Gasteiger partial charge < -0.3 is 20.9 Å². The van der Waals surface area contributed by atoms with Gasteiger partial charge in [-0.25, -0.2) is 0 Å². The number of carbonyl (C=O) groups is 3. The molecular weight excluding hydrogens is 446 g/mol. The third kappa shape index (κ3) is 5.53. The highest BCUT2D eigenvalue weighted by Crippen LogP contribution is 2.24. The third-order valence-electron chi connectivity index (χ3n) is 5.25. The van der Waals surface area contributed by atoms with Crippen LogP contribution in [0.5, 0.6) is 0 Å². The molecule has 0 atom stereocenters. The van der Waals surface area contributed by atoms with Gasteiger partial charge >= 0.3 is 0 Å². The van der Waals surface area contributed by atoms with Gasteiger partial charge in [0.25, 0.3) is 11.8 Å². The average molecular weight is 470 g/mol. The van der Waals surface area contributed by atoms with Crippen LogP contribution < -0.4 is 21.7 Å². The summed E-state index contributed by atoms with van der Waals surface area (Å²) in [6.07, 6.45) is 0. The number of hydrogen-bond acceptors (Lipinski definition) is 6. The van der Waals surface area contributed by atoms with Crippen LogP contribution in [0.15, 0.2) is 89.5 Å². The molecule has 35 heavy (non-hydrogen) atoms. The summed E-state index contributed by atoms with van der Waals surface area (Å²) in [7, 11) is 0. The summed E-state index contributed by atoms with van der Waals surface area (Å²) in [5.41, 5.74) is 8.35. The van der Waals surface area contributed by atoms with Crippen LogP contribution >= 0.6 is 0 Å². The minimum Gasteiger partial charge on any atom is -0.393 e. The summed E-state index contributed by atoms with van der Waals surface area (Å²) in [4.78, 5) is 38.9. The highest BCUT2D eigenvalue weighted by molar-refractivity contribution is 6.15. The van der Waals surface area contributed by atoms with E-state index < -0.39 is 23.6 Å². The van der Waals surface area contributed by atoms with Gasteiger partial charge in [-0.2, -0.15) is 0 Å². The second-order valence-corrected chi connectivity index (χ2v) is 7.73. The molecule has 0 unspecified atom stereocenters. The largest absolute Gasteiger partial charge is 0.393 e. The van der Waals surface area contributed by atoms with Gasteiger partial charge in [-0.3, -0.25) is 19.7 Å². The molecule has 5 N–H and O–H groups in total. The van der Waals surface area contributed by atoms with Gasteiger partial charge in [-0.15, -0.1) is 0 Å². The molecule has 4 aromatic rings. The van der Waals surface area contributed by atoms with E-state index in [1.54, 1.807) is 67.6 Å². The van der Waals surface area contributed by atoms with Crippen LogP contribution in [0.3, 0.4) is 0 Å². The summed E-state index contributed by atoms with van der Waals surface area (Å²) in [6.45, 7) is 1.66. The van der Waals surface area contributed by atoms with Gasteiger partial charge in [-0.05, 0) is 48.9 Å². The lowest BCUT2D eigenvalue weighted by molar-refractivity contribution is -0.125. The molecule has 3 aromatic carbocycles. The zero-order valence-electron chi connectivity index (χ0n) is 18.8. The van der Waals surface area contributed by atoms with Gasteiger partial charge in [0.05, 0.1) is 0 Å². The summed E-state index contributed by atoms with van der Waals surface area (Å²) in [5.74, 6) is -2.60. The van der Waals surface area contributed by atoms with Crippen molar-refractivity contribution in [1.82, 2.24) is 5.16 Å². The number of aromatic nitrogens is 1. The Morgan fingerprint density at radius 3 is 1.74 bits per heavy atom. The molecule has 0 aliphatic heterocycles. The number of amides is 3. The van der Waals surface area contributed by atoms with E-state index in [-0.39, 0.29) is 17.1 Å². The van der Waals surface area contributed by atoms with Crippen LogP contribution in [0.1, 0.15) is 27.5 Å². The number of nitrogen functional groups attached to an aromatic ring is 1. The number of hydrogen-bond donors (Lipinski definition) is 4. The lowest BCUT2D eigenvalue weighted by atomic mass is 9.95. The first-order valence-electron chi connectivity index (χ1n) is 10.8. The minimum atomic E-state index is -1.17. The maximum Gasteiger partial charge on any atom is 0.258 e. The Kier molecular flexibility index (Phi) is 6.87. The molecule has 0 spiro atoms. The molecule has 0 saturated carbocycles. The summed E-state index contributed by atoms with van der Waals surface area (Å²) < 4.78 is 5.01. The van der Waals surface area contributed by atoms with Gasteiger partial charge in [-0.1, -0.05) is 53.7 Å². The Labute approximate surface area is 201 Å². The predicted octanol–water partition coefficient (Wildman–Crippen LogP) is 4.18. The third-order valence-corrected chi connectivity index (χ3v) is 5.25. The Bertz CT molecular complexity index is 1280. The van der Waals surface area contributed by atoms with Crippen LogP contribution in [-0.2, 0) is 9.59 Å². The van der Waals surface area contributed by atoms with Crippen molar-refractivity contribution in [3.63, 3.8) is 0 Å². The van der Waals surface area contributed by atoms with E-state index in [4.69, 9.17) is 10.3 Å².